The Morgan fingerprint density at radius 3 is 2.39 bits per heavy atom. The fourth-order valence-corrected chi connectivity index (χ4v) is 2.42. The van der Waals surface area contributed by atoms with Crippen molar-refractivity contribution in [1.82, 2.24) is 0 Å². The van der Waals surface area contributed by atoms with Crippen LogP contribution < -0.4 is 14.2 Å². The van der Waals surface area contributed by atoms with E-state index < -0.39 is 0 Å². The highest BCUT2D eigenvalue weighted by Gasteiger charge is 2.17. The maximum absolute atomic E-state index is 12.5. The van der Waals surface area contributed by atoms with Crippen LogP contribution in [0.25, 0.3) is 0 Å². The molecule has 0 aliphatic rings. The number of carbonyl (C=O) groups excluding carboxylic acids is 1. The molecule has 5 heteroatoms. The number of hydrogen-bond acceptors (Lipinski definition) is 5. The van der Waals surface area contributed by atoms with Crippen LogP contribution in [0.4, 0.5) is 0 Å². The Morgan fingerprint density at radius 2 is 1.74 bits per heavy atom. The Kier molecular flexibility index (Phi) is 5.46. The van der Waals surface area contributed by atoms with Crippen molar-refractivity contribution in [2.24, 2.45) is 0 Å². The summed E-state index contributed by atoms with van der Waals surface area (Å²) in [5, 5.41) is 9.93. The maximum Gasteiger partial charge on any atom is 0.170 e. The molecule has 0 saturated carbocycles. The van der Waals surface area contributed by atoms with Crippen LogP contribution in [0.1, 0.15) is 22.3 Å². The molecule has 0 aliphatic heterocycles. The summed E-state index contributed by atoms with van der Waals surface area (Å²) in [6, 6.07) is 10.2. The predicted molar refractivity (Wildman–Crippen MR) is 86.9 cm³/mol. The molecule has 0 bridgehead atoms. The largest absolute Gasteiger partial charge is 0.507 e. The summed E-state index contributed by atoms with van der Waals surface area (Å²) in [6.07, 6.45) is 0.689. The maximum atomic E-state index is 12.5. The average molecular weight is 316 g/mol. The molecule has 0 unspecified atom stereocenters. The minimum absolute atomic E-state index is 0.0769. The van der Waals surface area contributed by atoms with Crippen molar-refractivity contribution in [3.8, 4) is 23.0 Å². The molecule has 2 rings (SSSR count). The topological polar surface area (TPSA) is 65.0 Å². The minimum Gasteiger partial charge on any atom is -0.507 e. The number of phenols is 1. The molecule has 0 aliphatic carbocycles. The zero-order valence-electron chi connectivity index (χ0n) is 13.5. The molecule has 5 nitrogen and oxygen atoms in total. The molecule has 0 heterocycles. The second kappa shape index (κ2) is 7.54. The summed E-state index contributed by atoms with van der Waals surface area (Å²) in [4.78, 5) is 12.5. The summed E-state index contributed by atoms with van der Waals surface area (Å²) in [5.74, 6) is 1.50. The van der Waals surface area contributed by atoms with Gasteiger partial charge in [-0.15, -0.1) is 0 Å². The number of carbonyl (C=O) groups is 1. The number of aromatic hydroxyl groups is 1. The highest BCUT2D eigenvalue weighted by atomic mass is 16.5. The summed E-state index contributed by atoms with van der Waals surface area (Å²) < 4.78 is 15.7. The van der Waals surface area contributed by atoms with Crippen molar-refractivity contribution in [3.63, 3.8) is 0 Å². The zero-order chi connectivity index (χ0) is 16.8. The summed E-state index contributed by atoms with van der Waals surface area (Å²) >= 11 is 0. The van der Waals surface area contributed by atoms with Crippen molar-refractivity contribution < 1.29 is 24.1 Å². The second-order valence-corrected chi connectivity index (χ2v) is 4.96. The van der Waals surface area contributed by atoms with Crippen LogP contribution in [0.15, 0.2) is 36.4 Å². The number of ether oxygens (including phenoxy) is 3. The SMILES string of the molecule is COc1ccc(OC)c(CCC(=O)c2c(O)cccc2OC)c1. The molecule has 122 valence electrons. The number of rotatable bonds is 7. The van der Waals surface area contributed by atoms with Crippen LogP contribution in [-0.2, 0) is 6.42 Å². The number of phenolic OH excluding ortho intramolecular Hbond substituents is 1. The third-order valence-corrected chi connectivity index (χ3v) is 3.61. The van der Waals surface area contributed by atoms with E-state index >= 15 is 0 Å². The molecule has 2 aromatic rings. The highest BCUT2D eigenvalue weighted by molar-refractivity contribution is 6.01. The van der Waals surface area contributed by atoms with E-state index in [9.17, 15) is 9.90 Å². The first kappa shape index (κ1) is 16.7. The molecular formula is C18H20O5. The van der Waals surface area contributed by atoms with E-state index in [2.05, 4.69) is 0 Å². The van der Waals surface area contributed by atoms with Gasteiger partial charge in [-0.1, -0.05) is 6.07 Å². The zero-order valence-corrected chi connectivity index (χ0v) is 13.5. The lowest BCUT2D eigenvalue weighted by molar-refractivity contribution is 0.0977. The Labute approximate surface area is 135 Å². The third-order valence-electron chi connectivity index (χ3n) is 3.61. The van der Waals surface area contributed by atoms with E-state index in [1.807, 2.05) is 6.07 Å². The standard InChI is InChI=1S/C18H20O5/c1-21-13-8-10-16(22-2)12(11-13)7-9-15(20)18-14(19)5-4-6-17(18)23-3/h4-6,8,10-11,19H,7,9H2,1-3H3. The number of ketones is 1. The van der Waals surface area contributed by atoms with E-state index in [0.717, 1.165) is 5.56 Å². The van der Waals surface area contributed by atoms with Crippen molar-refractivity contribution in [2.45, 2.75) is 12.8 Å². The molecule has 1 N–H and O–H groups in total. The molecule has 0 atom stereocenters. The van der Waals surface area contributed by atoms with Gasteiger partial charge >= 0.3 is 0 Å². The number of benzene rings is 2. The number of aryl methyl sites for hydroxylation is 1. The molecule has 0 saturated heterocycles. The minimum atomic E-state index is -0.190. The van der Waals surface area contributed by atoms with Gasteiger partial charge in [0, 0.05) is 6.42 Å². The smallest absolute Gasteiger partial charge is 0.170 e. The molecule has 0 radical (unpaired) electrons. The Balaban J connectivity index is 2.20. The molecule has 0 spiro atoms. The van der Waals surface area contributed by atoms with Crippen LogP contribution in [0.2, 0.25) is 0 Å². The molecule has 2 aromatic carbocycles. The summed E-state index contributed by atoms with van der Waals surface area (Å²) in [6.45, 7) is 0. The van der Waals surface area contributed by atoms with E-state index in [-0.39, 0.29) is 23.5 Å². The Hall–Kier alpha value is -2.69. The van der Waals surface area contributed by atoms with Gasteiger partial charge in [0.1, 0.15) is 28.6 Å². The first-order valence-corrected chi connectivity index (χ1v) is 7.20. The fraction of sp³-hybridized carbons (Fsp3) is 0.278. The van der Waals surface area contributed by atoms with Crippen molar-refractivity contribution in [1.29, 1.82) is 0 Å². The van der Waals surface area contributed by atoms with E-state index in [1.54, 1.807) is 38.5 Å². The van der Waals surface area contributed by atoms with Crippen LogP contribution >= 0.6 is 0 Å². The van der Waals surface area contributed by atoms with Crippen molar-refractivity contribution >= 4 is 5.78 Å². The summed E-state index contributed by atoms with van der Waals surface area (Å²) in [7, 11) is 4.64. The van der Waals surface area contributed by atoms with Gasteiger partial charge < -0.3 is 19.3 Å². The van der Waals surface area contributed by atoms with Crippen LogP contribution in [0.3, 0.4) is 0 Å². The van der Waals surface area contributed by atoms with Gasteiger partial charge in [0.05, 0.1) is 21.3 Å². The van der Waals surface area contributed by atoms with Crippen molar-refractivity contribution in [2.75, 3.05) is 21.3 Å². The molecule has 0 fully saturated rings. The first-order chi connectivity index (χ1) is 11.1. The molecule has 23 heavy (non-hydrogen) atoms. The van der Waals surface area contributed by atoms with Gasteiger partial charge in [0.2, 0.25) is 0 Å². The number of methoxy groups -OCH3 is 3. The predicted octanol–water partition coefficient (Wildman–Crippen LogP) is 3.23. The second-order valence-electron chi connectivity index (χ2n) is 4.96. The quantitative estimate of drug-likeness (QED) is 0.794. The molecule has 0 aromatic heterocycles. The summed E-state index contributed by atoms with van der Waals surface area (Å²) in [5.41, 5.74) is 1.08. The van der Waals surface area contributed by atoms with Crippen molar-refractivity contribution in [3.05, 3.63) is 47.5 Å². The monoisotopic (exact) mass is 316 g/mol. The lowest BCUT2D eigenvalue weighted by Crippen LogP contribution is -2.05. The lowest BCUT2D eigenvalue weighted by atomic mass is 10.0. The van der Waals surface area contributed by atoms with E-state index in [4.69, 9.17) is 14.2 Å². The fourth-order valence-electron chi connectivity index (χ4n) is 2.42. The van der Waals surface area contributed by atoms with Crippen LogP contribution in [-0.4, -0.2) is 32.2 Å². The van der Waals surface area contributed by atoms with Gasteiger partial charge in [-0.05, 0) is 42.3 Å². The normalized spacial score (nSPS) is 10.2. The third kappa shape index (κ3) is 3.74. The van der Waals surface area contributed by atoms with Gasteiger partial charge in [-0.3, -0.25) is 4.79 Å². The Morgan fingerprint density at radius 1 is 1.00 bits per heavy atom. The molecule has 0 amide bonds. The Bertz CT molecular complexity index is 694. The number of Topliss-reactive ketones (excluding diaryl/α,β-unsaturated/α-hetero) is 1. The average Bonchev–Trinajstić information content (AvgIpc) is 2.58. The number of hydrogen-bond donors (Lipinski definition) is 1. The van der Waals surface area contributed by atoms with Crippen LogP contribution in [0, 0.1) is 0 Å². The van der Waals surface area contributed by atoms with Crippen LogP contribution in [0.5, 0.6) is 23.0 Å². The van der Waals surface area contributed by atoms with Gasteiger partial charge in [0.15, 0.2) is 5.78 Å². The first-order valence-electron chi connectivity index (χ1n) is 7.20. The van der Waals surface area contributed by atoms with E-state index in [1.165, 1.54) is 13.2 Å². The molecular weight excluding hydrogens is 296 g/mol. The highest BCUT2D eigenvalue weighted by Crippen LogP contribution is 2.30. The lowest BCUT2D eigenvalue weighted by Gasteiger charge is -2.12. The van der Waals surface area contributed by atoms with Gasteiger partial charge in [-0.2, -0.15) is 0 Å². The van der Waals surface area contributed by atoms with E-state index in [0.29, 0.717) is 23.7 Å². The van der Waals surface area contributed by atoms with Gasteiger partial charge in [0.25, 0.3) is 0 Å². The van der Waals surface area contributed by atoms with Gasteiger partial charge in [-0.25, -0.2) is 0 Å².